The maximum absolute atomic E-state index is 12.8. The Morgan fingerprint density at radius 1 is 0.964 bits per heavy atom. The summed E-state index contributed by atoms with van der Waals surface area (Å²) in [5, 5.41) is 0.618. The summed E-state index contributed by atoms with van der Waals surface area (Å²) in [6.45, 7) is 2.15. The van der Waals surface area contributed by atoms with E-state index in [1.165, 1.54) is 0 Å². The summed E-state index contributed by atoms with van der Waals surface area (Å²) in [6.07, 6.45) is 0.725. The fourth-order valence-corrected chi connectivity index (χ4v) is 3.20. The molecule has 2 aromatic rings. The average Bonchev–Trinajstić information content (AvgIpc) is 2.99. The maximum Gasteiger partial charge on any atom is 0.260 e. The molecule has 1 aliphatic heterocycles. The van der Waals surface area contributed by atoms with Crippen molar-refractivity contribution in [2.24, 2.45) is 0 Å². The van der Waals surface area contributed by atoms with Crippen LogP contribution < -0.4 is 9.47 Å². The first-order valence-corrected chi connectivity index (χ1v) is 9.54. The molecule has 1 fully saturated rings. The Kier molecular flexibility index (Phi) is 6.76. The number of ether oxygens (including phenoxy) is 2. The van der Waals surface area contributed by atoms with Crippen LogP contribution in [0.1, 0.15) is 16.8 Å². The fraction of sp³-hybridized carbons (Fsp3) is 0.333. The highest BCUT2D eigenvalue weighted by Crippen LogP contribution is 2.17. The number of methoxy groups -OCH3 is 1. The molecule has 6 nitrogen and oxygen atoms in total. The molecular weight excluding hydrogens is 380 g/mol. The molecule has 0 atom stereocenters. The lowest BCUT2D eigenvalue weighted by Crippen LogP contribution is -2.39. The van der Waals surface area contributed by atoms with E-state index in [-0.39, 0.29) is 18.4 Å². The monoisotopic (exact) mass is 402 g/mol. The van der Waals surface area contributed by atoms with Crippen molar-refractivity contribution in [1.29, 1.82) is 0 Å². The van der Waals surface area contributed by atoms with E-state index in [1.807, 2.05) is 0 Å². The predicted octanol–water partition coefficient (Wildman–Crippen LogP) is 3.10. The summed E-state index contributed by atoms with van der Waals surface area (Å²) >= 11 is 5.84. The third-order valence-corrected chi connectivity index (χ3v) is 4.88. The highest BCUT2D eigenvalue weighted by Gasteiger charge is 2.23. The second kappa shape index (κ2) is 9.46. The first kappa shape index (κ1) is 20.0. The van der Waals surface area contributed by atoms with Gasteiger partial charge >= 0.3 is 0 Å². The fourth-order valence-electron chi connectivity index (χ4n) is 3.08. The molecule has 0 unspecified atom stereocenters. The molecule has 1 aliphatic rings. The molecule has 7 heteroatoms. The molecule has 0 spiro atoms. The summed E-state index contributed by atoms with van der Waals surface area (Å²) < 4.78 is 10.7. The molecule has 0 N–H and O–H groups in total. The van der Waals surface area contributed by atoms with Crippen molar-refractivity contribution < 1.29 is 19.1 Å². The Hall–Kier alpha value is -2.73. The van der Waals surface area contributed by atoms with Gasteiger partial charge in [0.05, 0.1) is 7.11 Å². The molecule has 0 bridgehead atoms. The van der Waals surface area contributed by atoms with Crippen molar-refractivity contribution in [2.45, 2.75) is 6.42 Å². The minimum Gasteiger partial charge on any atom is -0.497 e. The van der Waals surface area contributed by atoms with Gasteiger partial charge in [-0.2, -0.15) is 0 Å². The van der Waals surface area contributed by atoms with Crippen LogP contribution in [-0.4, -0.2) is 61.5 Å². The van der Waals surface area contributed by atoms with Crippen LogP contribution in [0, 0.1) is 0 Å². The summed E-state index contributed by atoms with van der Waals surface area (Å²) in [5.74, 6) is 1.11. The predicted molar refractivity (Wildman–Crippen MR) is 107 cm³/mol. The number of halogens is 1. The quantitative estimate of drug-likeness (QED) is 0.771. The van der Waals surface area contributed by atoms with Gasteiger partial charge in [0.2, 0.25) is 0 Å². The molecule has 0 aliphatic carbocycles. The lowest BCUT2D eigenvalue weighted by atomic mass is 10.2. The molecular formula is C21H23ClN2O4. The van der Waals surface area contributed by atoms with Crippen LogP contribution in [0.15, 0.2) is 48.5 Å². The third kappa shape index (κ3) is 5.16. The number of hydrogen-bond acceptors (Lipinski definition) is 4. The third-order valence-electron chi connectivity index (χ3n) is 4.63. The lowest BCUT2D eigenvalue weighted by molar-refractivity contribution is -0.133. The molecule has 28 heavy (non-hydrogen) atoms. The topological polar surface area (TPSA) is 59.1 Å². The minimum atomic E-state index is -0.0920. The zero-order valence-electron chi connectivity index (χ0n) is 15.8. The number of rotatable bonds is 5. The number of nitrogens with zero attached hydrogens (tertiary/aromatic N) is 2. The van der Waals surface area contributed by atoms with Gasteiger partial charge in [-0.15, -0.1) is 0 Å². The largest absolute Gasteiger partial charge is 0.497 e. The number of amides is 2. The van der Waals surface area contributed by atoms with Gasteiger partial charge in [-0.05, 0) is 48.9 Å². The van der Waals surface area contributed by atoms with Crippen LogP contribution in [0.4, 0.5) is 0 Å². The van der Waals surface area contributed by atoms with E-state index in [0.29, 0.717) is 48.3 Å². The summed E-state index contributed by atoms with van der Waals surface area (Å²) in [5.41, 5.74) is 0.588. The van der Waals surface area contributed by atoms with Crippen molar-refractivity contribution in [3.63, 3.8) is 0 Å². The molecule has 2 aromatic carbocycles. The molecule has 3 rings (SSSR count). The van der Waals surface area contributed by atoms with Gasteiger partial charge in [0.1, 0.15) is 11.5 Å². The van der Waals surface area contributed by atoms with Gasteiger partial charge in [0.15, 0.2) is 6.61 Å². The average molecular weight is 403 g/mol. The summed E-state index contributed by atoms with van der Waals surface area (Å²) in [7, 11) is 1.57. The Morgan fingerprint density at radius 2 is 1.68 bits per heavy atom. The molecule has 2 amide bonds. The van der Waals surface area contributed by atoms with Gasteiger partial charge in [0.25, 0.3) is 11.8 Å². The first-order valence-electron chi connectivity index (χ1n) is 9.16. The van der Waals surface area contributed by atoms with Gasteiger partial charge in [-0.3, -0.25) is 9.59 Å². The van der Waals surface area contributed by atoms with Crippen LogP contribution in [0.5, 0.6) is 11.5 Å². The Labute approximate surface area is 169 Å². The van der Waals surface area contributed by atoms with Gasteiger partial charge in [-0.25, -0.2) is 0 Å². The van der Waals surface area contributed by atoms with Crippen molar-refractivity contribution in [2.75, 3.05) is 39.9 Å². The smallest absolute Gasteiger partial charge is 0.260 e. The number of benzene rings is 2. The van der Waals surface area contributed by atoms with Crippen LogP contribution >= 0.6 is 11.6 Å². The Morgan fingerprint density at radius 3 is 2.43 bits per heavy atom. The van der Waals surface area contributed by atoms with Crippen LogP contribution in [0.25, 0.3) is 0 Å². The molecule has 0 aromatic heterocycles. The Bertz CT molecular complexity index is 825. The molecule has 0 radical (unpaired) electrons. The minimum absolute atomic E-state index is 0.0362. The lowest BCUT2D eigenvalue weighted by Gasteiger charge is -2.22. The van der Waals surface area contributed by atoms with E-state index in [4.69, 9.17) is 21.1 Å². The van der Waals surface area contributed by atoms with Gasteiger partial charge in [-0.1, -0.05) is 17.7 Å². The van der Waals surface area contributed by atoms with Crippen molar-refractivity contribution in [1.82, 2.24) is 9.80 Å². The second-order valence-corrected chi connectivity index (χ2v) is 6.94. The molecule has 1 heterocycles. The van der Waals surface area contributed by atoms with Crippen LogP contribution in [-0.2, 0) is 4.79 Å². The zero-order valence-corrected chi connectivity index (χ0v) is 16.5. The van der Waals surface area contributed by atoms with Crippen molar-refractivity contribution >= 4 is 23.4 Å². The SMILES string of the molecule is COc1cccc(C(=O)N2CCCN(C(=O)COc3ccc(Cl)cc3)CC2)c1. The van der Waals surface area contributed by atoms with E-state index < -0.39 is 0 Å². The van der Waals surface area contributed by atoms with E-state index in [1.54, 1.807) is 65.4 Å². The van der Waals surface area contributed by atoms with E-state index in [9.17, 15) is 9.59 Å². The standard InChI is InChI=1S/C21H23ClN2O4/c1-27-19-5-2-4-16(14-19)21(26)24-11-3-10-23(12-13-24)20(25)15-28-18-8-6-17(22)7-9-18/h2,4-9,14H,3,10-13,15H2,1H3. The van der Waals surface area contributed by atoms with E-state index in [0.717, 1.165) is 6.42 Å². The molecule has 0 saturated carbocycles. The summed E-state index contributed by atoms with van der Waals surface area (Å²) in [4.78, 5) is 28.8. The number of hydrogen-bond donors (Lipinski definition) is 0. The van der Waals surface area contributed by atoms with Crippen molar-refractivity contribution in [3.8, 4) is 11.5 Å². The van der Waals surface area contributed by atoms with Gasteiger partial charge < -0.3 is 19.3 Å². The number of carbonyl (C=O) groups excluding carboxylic acids is 2. The normalized spacial score (nSPS) is 14.4. The highest BCUT2D eigenvalue weighted by atomic mass is 35.5. The van der Waals surface area contributed by atoms with E-state index >= 15 is 0 Å². The molecule has 1 saturated heterocycles. The highest BCUT2D eigenvalue weighted by molar-refractivity contribution is 6.30. The van der Waals surface area contributed by atoms with Crippen LogP contribution in [0.2, 0.25) is 5.02 Å². The first-order chi connectivity index (χ1) is 13.6. The molecule has 148 valence electrons. The second-order valence-electron chi connectivity index (χ2n) is 6.50. The Balaban J connectivity index is 1.54. The number of carbonyl (C=O) groups is 2. The maximum atomic E-state index is 12.8. The summed E-state index contributed by atoms with van der Waals surface area (Å²) in [6, 6.07) is 14.0. The zero-order chi connectivity index (χ0) is 19.9. The van der Waals surface area contributed by atoms with Crippen molar-refractivity contribution in [3.05, 3.63) is 59.1 Å². The van der Waals surface area contributed by atoms with E-state index in [2.05, 4.69) is 0 Å². The van der Waals surface area contributed by atoms with Gasteiger partial charge in [0, 0.05) is 36.8 Å². The van der Waals surface area contributed by atoms with Crippen LogP contribution in [0.3, 0.4) is 0 Å².